The molecule has 2 aliphatic rings. The topological polar surface area (TPSA) is 54.6 Å². The third kappa shape index (κ3) is 1.37. The van der Waals surface area contributed by atoms with Crippen LogP contribution in [0.1, 0.15) is 58.4 Å². The van der Waals surface area contributed by atoms with Gasteiger partial charge in [-0.3, -0.25) is 4.40 Å². The fourth-order valence-electron chi connectivity index (χ4n) is 2.90. The second-order valence-electron chi connectivity index (χ2n) is 5.22. The normalized spacial score (nSPS) is 19.1. The molecular formula is C13H14N2O2S. The van der Waals surface area contributed by atoms with E-state index in [1.807, 2.05) is 4.40 Å². The number of aromatic nitrogens is 2. The summed E-state index contributed by atoms with van der Waals surface area (Å²) >= 11 is 1.69. The molecule has 2 aliphatic carbocycles. The number of hydrogen-bond donors (Lipinski definition) is 1. The standard InChI is InChI=1S/C13H14N2O2S/c16-12(17)11-10(7-5-6-7)14-13-15(11)8-3-1-2-4-9(8)18-13/h7H,1-6H2,(H,16,17). The van der Waals surface area contributed by atoms with Crippen LogP contribution in [0.5, 0.6) is 0 Å². The van der Waals surface area contributed by atoms with Crippen LogP contribution in [-0.2, 0) is 12.8 Å². The fourth-order valence-corrected chi connectivity index (χ4v) is 4.11. The van der Waals surface area contributed by atoms with Gasteiger partial charge in [-0.2, -0.15) is 0 Å². The predicted octanol–water partition coefficient (Wildman–Crippen LogP) is 2.85. The zero-order chi connectivity index (χ0) is 12.3. The van der Waals surface area contributed by atoms with Crippen LogP contribution in [0, 0.1) is 0 Å². The fraction of sp³-hybridized carbons (Fsp3) is 0.538. The summed E-state index contributed by atoms with van der Waals surface area (Å²) in [7, 11) is 0. The lowest BCUT2D eigenvalue weighted by Gasteiger charge is -2.11. The number of thiazole rings is 1. The van der Waals surface area contributed by atoms with Gasteiger partial charge in [-0.05, 0) is 38.5 Å². The summed E-state index contributed by atoms with van der Waals surface area (Å²) in [6.07, 6.45) is 6.64. The quantitative estimate of drug-likeness (QED) is 0.905. The van der Waals surface area contributed by atoms with Gasteiger partial charge >= 0.3 is 5.97 Å². The van der Waals surface area contributed by atoms with E-state index in [9.17, 15) is 9.90 Å². The van der Waals surface area contributed by atoms with E-state index >= 15 is 0 Å². The van der Waals surface area contributed by atoms with Crippen molar-refractivity contribution in [1.29, 1.82) is 0 Å². The second-order valence-corrected chi connectivity index (χ2v) is 6.28. The highest BCUT2D eigenvalue weighted by atomic mass is 32.1. The van der Waals surface area contributed by atoms with Crippen molar-refractivity contribution < 1.29 is 9.90 Å². The minimum absolute atomic E-state index is 0.391. The van der Waals surface area contributed by atoms with Crippen LogP contribution < -0.4 is 0 Å². The molecule has 5 heteroatoms. The van der Waals surface area contributed by atoms with Crippen LogP contribution in [0.15, 0.2) is 0 Å². The van der Waals surface area contributed by atoms with Gasteiger partial charge in [-0.1, -0.05) is 0 Å². The van der Waals surface area contributed by atoms with Gasteiger partial charge in [-0.25, -0.2) is 9.78 Å². The molecule has 2 heterocycles. The minimum Gasteiger partial charge on any atom is -0.477 e. The van der Waals surface area contributed by atoms with E-state index in [-0.39, 0.29) is 0 Å². The van der Waals surface area contributed by atoms with Gasteiger partial charge < -0.3 is 5.11 Å². The molecule has 0 aromatic carbocycles. The van der Waals surface area contributed by atoms with Crippen molar-refractivity contribution in [2.24, 2.45) is 0 Å². The van der Waals surface area contributed by atoms with Gasteiger partial charge in [0.1, 0.15) is 0 Å². The summed E-state index contributed by atoms with van der Waals surface area (Å²) in [6.45, 7) is 0. The zero-order valence-corrected chi connectivity index (χ0v) is 10.8. The molecule has 4 nitrogen and oxygen atoms in total. The van der Waals surface area contributed by atoms with Crippen molar-refractivity contribution in [3.8, 4) is 0 Å². The molecule has 0 radical (unpaired) electrons. The van der Waals surface area contributed by atoms with Crippen molar-refractivity contribution in [2.75, 3.05) is 0 Å². The van der Waals surface area contributed by atoms with Crippen molar-refractivity contribution in [2.45, 2.75) is 44.4 Å². The Labute approximate surface area is 108 Å². The van der Waals surface area contributed by atoms with Gasteiger partial charge in [0.25, 0.3) is 0 Å². The summed E-state index contributed by atoms with van der Waals surface area (Å²) in [5.74, 6) is -0.432. The molecule has 0 amide bonds. The number of aryl methyl sites for hydroxylation is 2. The van der Waals surface area contributed by atoms with Crippen molar-refractivity contribution in [3.63, 3.8) is 0 Å². The molecule has 0 unspecified atom stereocenters. The molecule has 2 aromatic heterocycles. The Morgan fingerprint density at radius 2 is 2.11 bits per heavy atom. The zero-order valence-electron chi connectivity index (χ0n) is 9.98. The molecule has 0 saturated heterocycles. The van der Waals surface area contributed by atoms with E-state index in [1.54, 1.807) is 11.3 Å². The number of aromatic carboxylic acids is 1. The lowest BCUT2D eigenvalue weighted by Crippen LogP contribution is -2.10. The molecule has 1 saturated carbocycles. The second kappa shape index (κ2) is 3.57. The Kier molecular flexibility index (Phi) is 2.09. The highest BCUT2D eigenvalue weighted by Gasteiger charge is 2.34. The molecule has 0 bridgehead atoms. The average molecular weight is 262 g/mol. The number of nitrogens with zero attached hydrogens (tertiary/aromatic N) is 2. The SMILES string of the molecule is O=C(O)c1c(C2CC2)nc2sc3c(n12)CCCC3. The van der Waals surface area contributed by atoms with Gasteiger partial charge in [0.05, 0.1) is 5.69 Å². The van der Waals surface area contributed by atoms with Crippen LogP contribution in [0.4, 0.5) is 0 Å². The summed E-state index contributed by atoms with van der Waals surface area (Å²) in [5, 5.41) is 9.49. The lowest BCUT2D eigenvalue weighted by atomic mass is 10.0. The number of carboxylic acid groups (broad SMARTS) is 1. The van der Waals surface area contributed by atoms with E-state index in [4.69, 9.17) is 0 Å². The molecule has 1 fully saturated rings. The van der Waals surface area contributed by atoms with E-state index in [0.29, 0.717) is 11.6 Å². The van der Waals surface area contributed by atoms with Gasteiger partial charge in [-0.15, -0.1) is 11.3 Å². The molecule has 2 aromatic rings. The van der Waals surface area contributed by atoms with E-state index in [1.165, 1.54) is 17.0 Å². The number of carboxylic acids is 1. The molecule has 4 rings (SSSR count). The first-order valence-electron chi connectivity index (χ1n) is 6.52. The molecule has 0 aliphatic heterocycles. The Morgan fingerprint density at radius 1 is 1.33 bits per heavy atom. The monoisotopic (exact) mass is 262 g/mol. The van der Waals surface area contributed by atoms with Crippen LogP contribution in [-0.4, -0.2) is 20.5 Å². The molecule has 94 valence electrons. The third-order valence-corrected chi connectivity index (χ3v) is 5.06. The number of carbonyl (C=O) groups is 1. The predicted molar refractivity (Wildman–Crippen MR) is 68.6 cm³/mol. The van der Waals surface area contributed by atoms with Gasteiger partial charge in [0.2, 0.25) is 0 Å². The summed E-state index contributed by atoms with van der Waals surface area (Å²) in [6, 6.07) is 0. The summed E-state index contributed by atoms with van der Waals surface area (Å²) in [5.41, 5.74) is 2.46. The molecule has 0 spiro atoms. The number of hydrogen-bond acceptors (Lipinski definition) is 3. The molecule has 18 heavy (non-hydrogen) atoms. The number of fused-ring (bicyclic) bond motifs is 3. The highest BCUT2D eigenvalue weighted by Crippen LogP contribution is 2.43. The summed E-state index contributed by atoms with van der Waals surface area (Å²) in [4.78, 5) is 18.4. The first kappa shape index (κ1) is 10.6. The van der Waals surface area contributed by atoms with Gasteiger partial charge in [0, 0.05) is 16.5 Å². The maximum atomic E-state index is 11.6. The van der Waals surface area contributed by atoms with E-state index in [0.717, 1.165) is 42.8 Å². The van der Waals surface area contributed by atoms with Gasteiger partial charge in [0.15, 0.2) is 10.7 Å². The van der Waals surface area contributed by atoms with Crippen LogP contribution in [0.3, 0.4) is 0 Å². The lowest BCUT2D eigenvalue weighted by molar-refractivity contribution is 0.0687. The number of rotatable bonds is 2. The highest BCUT2D eigenvalue weighted by molar-refractivity contribution is 7.17. The Balaban J connectivity index is 2.02. The first-order chi connectivity index (χ1) is 8.75. The maximum Gasteiger partial charge on any atom is 0.354 e. The molecule has 0 atom stereocenters. The van der Waals surface area contributed by atoms with Crippen LogP contribution >= 0.6 is 11.3 Å². The van der Waals surface area contributed by atoms with Crippen molar-refractivity contribution in [3.05, 3.63) is 22.0 Å². The average Bonchev–Trinajstić information content (AvgIpc) is 3.03. The Hall–Kier alpha value is -1.36. The Morgan fingerprint density at radius 3 is 2.83 bits per heavy atom. The van der Waals surface area contributed by atoms with Crippen LogP contribution in [0.25, 0.3) is 4.96 Å². The first-order valence-corrected chi connectivity index (χ1v) is 7.33. The molecule has 1 N–H and O–H groups in total. The van der Waals surface area contributed by atoms with E-state index in [2.05, 4.69) is 4.98 Å². The largest absolute Gasteiger partial charge is 0.477 e. The summed E-state index contributed by atoms with van der Waals surface area (Å²) < 4.78 is 1.93. The van der Waals surface area contributed by atoms with Crippen molar-refractivity contribution in [1.82, 2.24) is 9.38 Å². The maximum absolute atomic E-state index is 11.6. The van der Waals surface area contributed by atoms with Crippen LogP contribution in [0.2, 0.25) is 0 Å². The Bertz CT molecular complexity index is 652. The third-order valence-electron chi connectivity index (χ3n) is 3.91. The van der Waals surface area contributed by atoms with E-state index < -0.39 is 5.97 Å². The number of imidazole rings is 1. The minimum atomic E-state index is -0.824. The van der Waals surface area contributed by atoms with Crippen molar-refractivity contribution >= 4 is 22.3 Å². The molecular weight excluding hydrogens is 248 g/mol. The smallest absolute Gasteiger partial charge is 0.354 e.